The molecule has 6 heteroatoms. The first-order chi connectivity index (χ1) is 9.35. The van der Waals surface area contributed by atoms with Gasteiger partial charge in [-0.25, -0.2) is 0 Å². The molecule has 0 bridgehead atoms. The second kappa shape index (κ2) is 6.02. The maximum atomic E-state index is 12.0. The molecule has 0 atom stereocenters. The fourth-order valence-electron chi connectivity index (χ4n) is 2.02. The monoisotopic (exact) mass is 342 g/mol. The first-order valence-corrected chi connectivity index (χ1v) is 7.58. The van der Waals surface area contributed by atoms with E-state index in [1.807, 2.05) is 39.0 Å². The van der Waals surface area contributed by atoms with Gasteiger partial charge in [-0.2, -0.15) is 0 Å². The third-order valence-electron chi connectivity index (χ3n) is 2.96. The van der Waals surface area contributed by atoms with Crippen molar-refractivity contribution < 1.29 is 9.53 Å². The number of amides is 1. The van der Waals surface area contributed by atoms with Crippen LogP contribution in [0.1, 0.15) is 20.8 Å². The molecule has 5 nitrogen and oxygen atoms in total. The van der Waals surface area contributed by atoms with Crippen molar-refractivity contribution in [2.24, 2.45) is 0 Å². The Kier molecular flexibility index (Phi) is 4.55. The van der Waals surface area contributed by atoms with E-state index in [4.69, 9.17) is 4.74 Å². The van der Waals surface area contributed by atoms with Crippen LogP contribution in [-0.4, -0.2) is 63.8 Å². The van der Waals surface area contributed by atoms with Gasteiger partial charge in [0.05, 0.1) is 0 Å². The van der Waals surface area contributed by atoms with E-state index < -0.39 is 5.60 Å². The molecule has 1 fully saturated rings. The number of rotatable bonds is 1. The molecule has 0 aromatic carbocycles. The van der Waals surface area contributed by atoms with Crippen LogP contribution in [0, 0.1) is 0 Å². The molecule has 1 aromatic rings. The number of piperazine rings is 1. The summed E-state index contributed by atoms with van der Waals surface area (Å²) < 4.78 is 6.27. The van der Waals surface area contributed by atoms with Gasteiger partial charge in [-0.3, -0.25) is 0 Å². The number of nitrogens with zero attached hydrogens (tertiary/aromatic N) is 3. The van der Waals surface area contributed by atoms with Gasteiger partial charge in [-0.1, -0.05) is 0 Å². The van der Waals surface area contributed by atoms with Gasteiger partial charge in [0, 0.05) is 0 Å². The number of anilines is 1. The number of hydrogen-bond acceptors (Lipinski definition) is 4. The third-order valence-corrected chi connectivity index (χ3v) is 3.44. The first-order valence-electron chi connectivity index (χ1n) is 6.72. The number of ether oxygens (including phenoxy) is 1. The van der Waals surface area contributed by atoms with Gasteiger partial charge >= 0.3 is 128 Å². The SMILES string of the molecule is CC(C)(C)OC(=O)N1CCN(c2cccc([Se])n2)CC1. The molecule has 0 unspecified atom stereocenters. The molecule has 0 aliphatic carbocycles. The molecular weight excluding hydrogens is 321 g/mol. The summed E-state index contributed by atoms with van der Waals surface area (Å²) in [7, 11) is 0. The molecule has 1 saturated heterocycles. The Bertz CT molecular complexity index is 480. The second-order valence-corrected chi connectivity index (χ2v) is 6.67. The van der Waals surface area contributed by atoms with Gasteiger partial charge in [-0.15, -0.1) is 0 Å². The summed E-state index contributed by atoms with van der Waals surface area (Å²) in [5, 5.41) is 0. The fraction of sp³-hybridized carbons (Fsp3) is 0.571. The minimum absolute atomic E-state index is 0.234. The topological polar surface area (TPSA) is 45.7 Å². The summed E-state index contributed by atoms with van der Waals surface area (Å²) in [5.74, 6) is 0.949. The van der Waals surface area contributed by atoms with E-state index in [0.717, 1.165) is 23.5 Å². The molecule has 2 heterocycles. The van der Waals surface area contributed by atoms with E-state index in [9.17, 15) is 4.79 Å². The zero-order chi connectivity index (χ0) is 14.8. The average Bonchev–Trinajstić information content (AvgIpc) is 2.37. The van der Waals surface area contributed by atoms with E-state index in [-0.39, 0.29) is 6.09 Å². The fourth-order valence-corrected chi connectivity index (χ4v) is 2.39. The minimum atomic E-state index is -0.442. The van der Waals surface area contributed by atoms with Crippen molar-refractivity contribution in [3.63, 3.8) is 0 Å². The zero-order valence-corrected chi connectivity index (χ0v) is 13.8. The van der Waals surface area contributed by atoms with Crippen LogP contribution in [0.2, 0.25) is 0 Å². The summed E-state index contributed by atoms with van der Waals surface area (Å²) in [4.78, 5) is 20.4. The van der Waals surface area contributed by atoms with E-state index in [1.54, 1.807) is 4.90 Å². The quantitative estimate of drug-likeness (QED) is 0.713. The van der Waals surface area contributed by atoms with Gasteiger partial charge in [0.2, 0.25) is 0 Å². The molecule has 2 rings (SSSR count). The van der Waals surface area contributed by atoms with Crippen molar-refractivity contribution >= 4 is 32.5 Å². The predicted octanol–water partition coefficient (Wildman–Crippen LogP) is 0.932. The van der Waals surface area contributed by atoms with Crippen LogP contribution >= 0.6 is 0 Å². The molecule has 1 radical (unpaired) electrons. The predicted molar refractivity (Wildman–Crippen MR) is 79.6 cm³/mol. The van der Waals surface area contributed by atoms with Crippen LogP contribution in [0.15, 0.2) is 18.2 Å². The van der Waals surface area contributed by atoms with Gasteiger partial charge in [0.1, 0.15) is 0 Å². The van der Waals surface area contributed by atoms with Crippen LogP contribution < -0.4 is 9.49 Å². The van der Waals surface area contributed by atoms with Crippen molar-refractivity contribution in [2.45, 2.75) is 26.4 Å². The number of carbonyl (C=O) groups is 1. The number of pyridine rings is 1. The van der Waals surface area contributed by atoms with Gasteiger partial charge in [0.25, 0.3) is 0 Å². The van der Waals surface area contributed by atoms with Gasteiger partial charge in [0.15, 0.2) is 0 Å². The Morgan fingerprint density at radius 2 is 1.90 bits per heavy atom. The Morgan fingerprint density at radius 1 is 1.25 bits per heavy atom. The molecular formula is C14H20N3O2Se. The Morgan fingerprint density at radius 3 is 2.45 bits per heavy atom. The zero-order valence-electron chi connectivity index (χ0n) is 12.1. The van der Waals surface area contributed by atoms with Gasteiger partial charge in [-0.05, 0) is 0 Å². The summed E-state index contributed by atoms with van der Waals surface area (Å²) in [6.45, 7) is 8.52. The number of aromatic nitrogens is 1. The van der Waals surface area contributed by atoms with Crippen LogP contribution in [0.25, 0.3) is 0 Å². The van der Waals surface area contributed by atoms with E-state index in [1.165, 1.54) is 0 Å². The van der Waals surface area contributed by atoms with Crippen molar-refractivity contribution in [2.75, 3.05) is 31.1 Å². The van der Waals surface area contributed by atoms with Crippen molar-refractivity contribution in [1.82, 2.24) is 9.88 Å². The van der Waals surface area contributed by atoms with Crippen molar-refractivity contribution in [3.05, 3.63) is 18.2 Å². The summed E-state index contributed by atoms with van der Waals surface area (Å²) in [6, 6.07) is 5.90. The maximum absolute atomic E-state index is 12.0. The molecule has 1 amide bonds. The molecule has 109 valence electrons. The number of hydrogen-bond donors (Lipinski definition) is 0. The Labute approximate surface area is 128 Å². The van der Waals surface area contributed by atoms with E-state index in [2.05, 4.69) is 25.9 Å². The second-order valence-electron chi connectivity index (χ2n) is 5.79. The average molecular weight is 341 g/mol. The van der Waals surface area contributed by atoms with E-state index in [0.29, 0.717) is 13.1 Å². The molecule has 0 spiro atoms. The third kappa shape index (κ3) is 4.12. The standard InChI is InChI=1S/C14H20N3O2Se/c1-14(2,3)19-13(18)17-9-7-16(8-10-17)11-5-4-6-12(20)15-11/h4-6H,7-10H2,1-3H3. The Balaban J connectivity index is 1.91. The summed E-state index contributed by atoms with van der Waals surface area (Å²) >= 11 is 2.91. The summed E-state index contributed by atoms with van der Waals surface area (Å²) in [5.41, 5.74) is -0.442. The molecule has 20 heavy (non-hydrogen) atoms. The van der Waals surface area contributed by atoms with E-state index >= 15 is 0 Å². The van der Waals surface area contributed by atoms with Crippen molar-refractivity contribution in [1.29, 1.82) is 0 Å². The van der Waals surface area contributed by atoms with Crippen LogP contribution in [0.5, 0.6) is 0 Å². The van der Waals surface area contributed by atoms with Crippen LogP contribution in [-0.2, 0) is 4.74 Å². The molecule has 1 aliphatic rings. The van der Waals surface area contributed by atoms with Gasteiger partial charge < -0.3 is 0 Å². The number of carbonyl (C=O) groups excluding carboxylic acids is 1. The van der Waals surface area contributed by atoms with Crippen LogP contribution in [0.4, 0.5) is 10.6 Å². The van der Waals surface area contributed by atoms with Crippen LogP contribution in [0.3, 0.4) is 0 Å². The molecule has 0 N–H and O–H groups in total. The first kappa shape index (κ1) is 15.1. The molecule has 1 aliphatic heterocycles. The summed E-state index contributed by atoms with van der Waals surface area (Å²) in [6.07, 6.45) is -0.234. The van der Waals surface area contributed by atoms with Crippen molar-refractivity contribution in [3.8, 4) is 0 Å². The normalized spacial score (nSPS) is 16.1. The molecule has 1 aromatic heterocycles. The Hall–Kier alpha value is -1.26. The molecule has 0 saturated carbocycles.